The molecule has 0 spiro atoms. The molecule has 1 heterocycles. The van der Waals surface area contributed by atoms with Crippen LogP contribution in [0.4, 0.5) is 0 Å². The Morgan fingerprint density at radius 2 is 2.00 bits per heavy atom. The molecule has 0 aliphatic heterocycles. The monoisotopic (exact) mass is 289 g/mol. The molecule has 1 aromatic heterocycles. The first-order valence-corrected chi connectivity index (χ1v) is 6.77. The second-order valence-corrected chi connectivity index (χ2v) is 4.45. The number of rotatable bonds is 7. The zero-order chi connectivity index (χ0) is 15.1. The average Bonchev–Trinajstić information content (AvgIpc) is 2.99. The van der Waals surface area contributed by atoms with Crippen molar-refractivity contribution in [1.82, 2.24) is 14.9 Å². The molecule has 0 saturated heterocycles. The first-order valence-electron chi connectivity index (χ1n) is 6.77. The summed E-state index contributed by atoms with van der Waals surface area (Å²) in [6.45, 7) is 2.83. The van der Waals surface area contributed by atoms with Crippen LogP contribution in [-0.4, -0.2) is 41.0 Å². The molecule has 1 N–H and O–H groups in total. The van der Waals surface area contributed by atoms with Crippen molar-refractivity contribution in [3.63, 3.8) is 0 Å². The molecule has 2 rings (SSSR count). The van der Waals surface area contributed by atoms with E-state index in [1.54, 1.807) is 30.4 Å². The lowest BCUT2D eigenvalue weighted by molar-refractivity contribution is -0.132. The molecule has 1 aromatic carbocycles. The van der Waals surface area contributed by atoms with E-state index in [9.17, 15) is 4.79 Å². The first kappa shape index (κ1) is 14.9. The van der Waals surface area contributed by atoms with Gasteiger partial charge in [0.2, 0.25) is 0 Å². The third kappa shape index (κ3) is 4.24. The maximum atomic E-state index is 12.0. The van der Waals surface area contributed by atoms with Crippen molar-refractivity contribution in [3.8, 4) is 11.5 Å². The fourth-order valence-electron chi connectivity index (χ4n) is 1.79. The van der Waals surface area contributed by atoms with Crippen LogP contribution >= 0.6 is 0 Å². The lowest BCUT2D eigenvalue weighted by atomic mass is 10.3. The predicted octanol–water partition coefficient (Wildman–Crippen LogP) is 1.85. The number of amides is 1. The summed E-state index contributed by atoms with van der Waals surface area (Å²) < 4.78 is 11.0. The normalized spacial score (nSPS) is 10.2. The third-order valence-electron chi connectivity index (χ3n) is 2.87. The molecule has 0 unspecified atom stereocenters. The number of hydrogen-bond donors (Lipinski definition) is 1. The first-order chi connectivity index (χ1) is 10.2. The van der Waals surface area contributed by atoms with Crippen LogP contribution in [0.1, 0.15) is 12.7 Å². The van der Waals surface area contributed by atoms with Gasteiger partial charge in [-0.15, -0.1) is 0 Å². The van der Waals surface area contributed by atoms with Crippen molar-refractivity contribution in [2.45, 2.75) is 13.5 Å². The van der Waals surface area contributed by atoms with Gasteiger partial charge in [-0.3, -0.25) is 4.79 Å². The summed E-state index contributed by atoms with van der Waals surface area (Å²) in [4.78, 5) is 20.6. The van der Waals surface area contributed by atoms with Gasteiger partial charge in [-0.25, -0.2) is 4.98 Å². The van der Waals surface area contributed by atoms with Gasteiger partial charge in [0.05, 0.1) is 13.2 Å². The standard InChI is InChI=1S/C15H19N3O3/c1-3-20-12-6-4-5-7-13(12)21-11-15(19)18(2)10-14-16-8-9-17-14/h4-9H,3,10-11H2,1-2H3,(H,16,17). The molecule has 0 saturated carbocycles. The van der Waals surface area contributed by atoms with Crippen LogP contribution in [0.3, 0.4) is 0 Å². The van der Waals surface area contributed by atoms with Crippen LogP contribution in [0.25, 0.3) is 0 Å². The number of benzene rings is 1. The summed E-state index contributed by atoms with van der Waals surface area (Å²) in [6, 6.07) is 7.30. The van der Waals surface area contributed by atoms with Gasteiger partial charge in [-0.1, -0.05) is 12.1 Å². The van der Waals surface area contributed by atoms with Gasteiger partial charge in [0.1, 0.15) is 5.82 Å². The number of H-pyrrole nitrogens is 1. The zero-order valence-corrected chi connectivity index (χ0v) is 12.2. The molecule has 0 aliphatic rings. The predicted molar refractivity (Wildman–Crippen MR) is 78.2 cm³/mol. The number of ether oxygens (including phenoxy) is 2. The molecule has 1 amide bonds. The molecule has 6 heteroatoms. The van der Waals surface area contributed by atoms with Crippen LogP contribution < -0.4 is 9.47 Å². The molecule has 0 radical (unpaired) electrons. The fourth-order valence-corrected chi connectivity index (χ4v) is 1.79. The number of nitrogens with zero attached hydrogens (tertiary/aromatic N) is 2. The fraction of sp³-hybridized carbons (Fsp3) is 0.333. The molecular weight excluding hydrogens is 270 g/mol. The van der Waals surface area contributed by atoms with Gasteiger partial charge in [-0.2, -0.15) is 0 Å². The summed E-state index contributed by atoms with van der Waals surface area (Å²) in [7, 11) is 1.71. The Hall–Kier alpha value is -2.50. The minimum atomic E-state index is -0.127. The number of carbonyl (C=O) groups is 1. The van der Waals surface area contributed by atoms with Crippen LogP contribution in [-0.2, 0) is 11.3 Å². The van der Waals surface area contributed by atoms with Gasteiger partial charge >= 0.3 is 0 Å². The lowest BCUT2D eigenvalue weighted by Crippen LogP contribution is -2.31. The number of carbonyl (C=O) groups excluding carboxylic acids is 1. The SMILES string of the molecule is CCOc1ccccc1OCC(=O)N(C)Cc1ncc[nH]1. The van der Waals surface area contributed by atoms with Crippen LogP contribution in [0, 0.1) is 0 Å². The van der Waals surface area contributed by atoms with Crippen LogP contribution in [0.15, 0.2) is 36.7 Å². The Labute approximate surface area is 123 Å². The molecule has 0 bridgehead atoms. The molecule has 21 heavy (non-hydrogen) atoms. The third-order valence-corrected chi connectivity index (χ3v) is 2.87. The van der Waals surface area contributed by atoms with E-state index >= 15 is 0 Å². The minimum Gasteiger partial charge on any atom is -0.490 e. The number of nitrogens with one attached hydrogen (secondary N) is 1. The quantitative estimate of drug-likeness (QED) is 0.844. The van der Waals surface area contributed by atoms with E-state index < -0.39 is 0 Å². The summed E-state index contributed by atoms with van der Waals surface area (Å²) in [5.41, 5.74) is 0. The summed E-state index contributed by atoms with van der Waals surface area (Å²) in [5.74, 6) is 1.82. The Kier molecular flexibility index (Phi) is 5.20. The van der Waals surface area contributed by atoms with Crippen molar-refractivity contribution < 1.29 is 14.3 Å². The Bertz CT molecular complexity index is 569. The van der Waals surface area contributed by atoms with Gasteiger partial charge in [0.25, 0.3) is 5.91 Å². The molecule has 0 fully saturated rings. The molecule has 6 nitrogen and oxygen atoms in total. The van der Waals surface area contributed by atoms with Gasteiger partial charge in [0.15, 0.2) is 18.1 Å². The number of hydrogen-bond acceptors (Lipinski definition) is 4. The second-order valence-electron chi connectivity index (χ2n) is 4.45. The van der Waals surface area contributed by atoms with E-state index in [4.69, 9.17) is 9.47 Å². The van der Waals surface area contributed by atoms with E-state index in [1.165, 1.54) is 0 Å². The number of aromatic nitrogens is 2. The average molecular weight is 289 g/mol. The highest BCUT2D eigenvalue weighted by Crippen LogP contribution is 2.26. The largest absolute Gasteiger partial charge is 0.490 e. The molecule has 112 valence electrons. The van der Waals surface area contributed by atoms with E-state index in [0.717, 1.165) is 5.82 Å². The van der Waals surface area contributed by atoms with Crippen LogP contribution in [0.5, 0.6) is 11.5 Å². The number of imidazole rings is 1. The minimum absolute atomic E-state index is 0.0404. The van der Waals surface area contributed by atoms with Gasteiger partial charge in [0, 0.05) is 19.4 Å². The highest BCUT2D eigenvalue weighted by molar-refractivity contribution is 5.77. The Morgan fingerprint density at radius 3 is 2.62 bits per heavy atom. The molecule has 0 aliphatic carbocycles. The summed E-state index contributed by atoms with van der Waals surface area (Å²) in [5, 5.41) is 0. The van der Waals surface area contributed by atoms with Crippen molar-refractivity contribution in [2.75, 3.05) is 20.3 Å². The summed E-state index contributed by atoms with van der Waals surface area (Å²) >= 11 is 0. The summed E-state index contributed by atoms with van der Waals surface area (Å²) in [6.07, 6.45) is 3.38. The number of likely N-dealkylation sites (N-methyl/N-ethyl adjacent to an activating group) is 1. The zero-order valence-electron chi connectivity index (χ0n) is 12.2. The van der Waals surface area contributed by atoms with E-state index in [-0.39, 0.29) is 12.5 Å². The second kappa shape index (κ2) is 7.33. The van der Waals surface area contributed by atoms with Crippen molar-refractivity contribution >= 4 is 5.91 Å². The van der Waals surface area contributed by atoms with Crippen molar-refractivity contribution in [2.24, 2.45) is 0 Å². The number of para-hydroxylation sites is 2. The maximum Gasteiger partial charge on any atom is 0.260 e. The lowest BCUT2D eigenvalue weighted by Gasteiger charge is -2.17. The Balaban J connectivity index is 1.88. The molecular formula is C15H19N3O3. The van der Waals surface area contributed by atoms with Gasteiger partial charge < -0.3 is 19.4 Å². The van der Waals surface area contributed by atoms with Crippen LogP contribution in [0.2, 0.25) is 0 Å². The van der Waals surface area contributed by atoms with Crippen molar-refractivity contribution in [3.05, 3.63) is 42.5 Å². The molecule has 2 aromatic rings. The highest BCUT2D eigenvalue weighted by Gasteiger charge is 2.12. The van der Waals surface area contributed by atoms with E-state index in [2.05, 4.69) is 9.97 Å². The maximum absolute atomic E-state index is 12.0. The van der Waals surface area contributed by atoms with Gasteiger partial charge in [-0.05, 0) is 19.1 Å². The molecule has 0 atom stereocenters. The van der Waals surface area contributed by atoms with E-state index in [1.807, 2.05) is 25.1 Å². The number of aromatic amines is 1. The topological polar surface area (TPSA) is 67.5 Å². The smallest absolute Gasteiger partial charge is 0.260 e. The van der Waals surface area contributed by atoms with Crippen molar-refractivity contribution in [1.29, 1.82) is 0 Å². The highest BCUT2D eigenvalue weighted by atomic mass is 16.5. The Morgan fingerprint density at radius 1 is 1.29 bits per heavy atom. The van der Waals surface area contributed by atoms with E-state index in [0.29, 0.717) is 24.7 Å².